The smallest absolute Gasteiger partial charge is 0.251 e. The fraction of sp³-hybridized carbons (Fsp3) is 0.544. The molecule has 3 aliphatic heterocycles. The number of hydrogen-bond acceptors (Lipinski definition) is 11. The lowest BCUT2D eigenvalue weighted by molar-refractivity contribution is -0.164. The van der Waals surface area contributed by atoms with E-state index >= 15 is 0 Å². The first-order chi connectivity index (χ1) is 34.5. The second kappa shape index (κ2) is 21.8. The molecule has 2 unspecified atom stereocenters. The Morgan fingerprint density at radius 1 is 0.945 bits per heavy atom. The average molecular weight is 1030 g/mol. The van der Waals surface area contributed by atoms with Crippen molar-refractivity contribution in [1.82, 2.24) is 35.6 Å². The molecular weight excluding hydrogens is 960 g/mol. The zero-order chi connectivity index (χ0) is 52.6. The van der Waals surface area contributed by atoms with E-state index in [9.17, 15) is 29.5 Å². The van der Waals surface area contributed by atoms with Gasteiger partial charge in [0.1, 0.15) is 30.0 Å². The van der Waals surface area contributed by atoms with E-state index in [1.54, 1.807) is 29.5 Å². The lowest BCUT2D eigenvalue weighted by Gasteiger charge is -2.63. The number of aliphatic hydroxyl groups is 1. The molecule has 1 aromatic heterocycles. The molecule has 3 saturated heterocycles. The van der Waals surface area contributed by atoms with Crippen LogP contribution in [0.15, 0.2) is 72.2 Å². The van der Waals surface area contributed by atoms with Gasteiger partial charge in [-0.3, -0.25) is 24.1 Å². The number of nitrogens with one attached hydrogen (secondary N) is 3. The number of aliphatic hydroxyl groups excluding tert-OH is 1. The third-order valence-electron chi connectivity index (χ3n) is 15.9. The number of carbonyl (C=O) groups excluding carboxylic acids is 4. The van der Waals surface area contributed by atoms with Crippen molar-refractivity contribution >= 4 is 46.6 Å². The number of unbranched alkanes of at least 4 members (excludes halogenated alkanes) is 1. The van der Waals surface area contributed by atoms with Gasteiger partial charge in [0.25, 0.3) is 5.91 Å². The molecule has 390 valence electrons. The molecule has 73 heavy (non-hydrogen) atoms. The minimum Gasteiger partial charge on any atom is -0.489 e. The first-order valence-corrected chi connectivity index (χ1v) is 27.1. The molecule has 4 fully saturated rings. The predicted molar refractivity (Wildman–Crippen MR) is 285 cm³/mol. The van der Waals surface area contributed by atoms with Crippen molar-refractivity contribution in [3.63, 3.8) is 0 Å². The van der Waals surface area contributed by atoms with Crippen molar-refractivity contribution in [3.05, 3.63) is 105 Å². The Labute approximate surface area is 440 Å². The van der Waals surface area contributed by atoms with Gasteiger partial charge in [0.05, 0.1) is 45.4 Å². The molecule has 3 aromatic carbocycles. The SMILES string of the molecule is Cc1ncsc1-c1ccc([C@H](C)NC(=O)[C@@H]2C[C@@H](O)CN2C(=O)[C@@H](NC(=O)CN2C3CCC2CN(CCCCc2ccc(C(=O)N[C@H]4C(C)(C)[C@H](Oc5ccc(C#N)c(Cl)c5)C4(C)C)cc2)C3)C(C)(C)C)cc1. The van der Waals surface area contributed by atoms with E-state index in [2.05, 4.69) is 64.5 Å². The van der Waals surface area contributed by atoms with Gasteiger partial charge in [-0.05, 0) is 98.9 Å². The summed E-state index contributed by atoms with van der Waals surface area (Å²) in [5.41, 5.74) is 5.61. The highest BCUT2D eigenvalue weighted by Gasteiger charge is 2.64. The van der Waals surface area contributed by atoms with Gasteiger partial charge in [0.15, 0.2) is 0 Å². The minimum atomic E-state index is -0.891. The molecule has 2 bridgehead atoms. The average Bonchev–Trinajstić information content (AvgIpc) is 4.02. The molecule has 6 atom stereocenters. The number of rotatable bonds is 17. The molecule has 8 rings (SSSR count). The highest BCUT2D eigenvalue weighted by molar-refractivity contribution is 7.13. The molecule has 4 heterocycles. The van der Waals surface area contributed by atoms with Crippen molar-refractivity contribution in [2.24, 2.45) is 16.2 Å². The fourth-order valence-electron chi connectivity index (χ4n) is 12.2. The summed E-state index contributed by atoms with van der Waals surface area (Å²) < 4.78 is 6.40. The number of hydrogen-bond donors (Lipinski definition) is 4. The predicted octanol–water partition coefficient (Wildman–Crippen LogP) is 8.10. The summed E-state index contributed by atoms with van der Waals surface area (Å²) in [6, 6.07) is 21.4. The summed E-state index contributed by atoms with van der Waals surface area (Å²) in [4.78, 5) is 67.4. The third kappa shape index (κ3) is 11.8. The Kier molecular flexibility index (Phi) is 16.1. The number of aromatic nitrogens is 1. The van der Waals surface area contributed by atoms with E-state index in [1.807, 2.05) is 88.7 Å². The second-order valence-corrected chi connectivity index (χ2v) is 24.4. The van der Waals surface area contributed by atoms with Crippen molar-refractivity contribution in [2.75, 3.05) is 32.7 Å². The lowest BCUT2D eigenvalue weighted by Crippen LogP contribution is -2.74. The lowest BCUT2D eigenvalue weighted by atomic mass is 9.49. The van der Waals surface area contributed by atoms with Crippen LogP contribution < -0.4 is 20.7 Å². The number of nitrogens with zero attached hydrogens (tertiary/aromatic N) is 5. The van der Waals surface area contributed by atoms with Crippen molar-refractivity contribution in [2.45, 2.75) is 149 Å². The molecule has 1 saturated carbocycles. The van der Waals surface area contributed by atoms with Crippen LogP contribution in [-0.4, -0.2) is 124 Å². The number of ether oxygens (including phenoxy) is 1. The first-order valence-electron chi connectivity index (χ1n) is 25.9. The number of aryl methyl sites for hydroxylation is 2. The number of likely N-dealkylation sites (tertiary alicyclic amines) is 2. The number of halogens is 1. The zero-order valence-corrected chi connectivity index (χ0v) is 45.4. The number of amides is 4. The second-order valence-electron chi connectivity index (χ2n) is 23.2. The van der Waals surface area contributed by atoms with Crippen LogP contribution in [0.4, 0.5) is 0 Å². The summed E-state index contributed by atoms with van der Waals surface area (Å²) in [6.07, 6.45) is 4.08. The number of β-amino-alcohol motifs (C(OH)–C–C–N with tert-alkyl or cyclic N) is 1. The van der Waals surface area contributed by atoms with E-state index in [4.69, 9.17) is 16.3 Å². The summed E-state index contributed by atoms with van der Waals surface area (Å²) in [7, 11) is 0. The van der Waals surface area contributed by atoms with Crippen molar-refractivity contribution < 1.29 is 29.0 Å². The van der Waals surface area contributed by atoms with Crippen LogP contribution in [0.1, 0.15) is 126 Å². The quantitative estimate of drug-likeness (QED) is 0.0756. The van der Waals surface area contributed by atoms with Gasteiger partial charge in [-0.15, -0.1) is 11.3 Å². The maximum absolute atomic E-state index is 14.4. The Bertz CT molecular complexity index is 2670. The monoisotopic (exact) mass is 1030 g/mol. The largest absolute Gasteiger partial charge is 0.489 e. The molecule has 0 radical (unpaired) electrons. The Hall–Kier alpha value is -5.37. The summed E-state index contributed by atoms with van der Waals surface area (Å²) in [5, 5.41) is 29.8. The summed E-state index contributed by atoms with van der Waals surface area (Å²) in [6.45, 7) is 21.0. The molecule has 4 aliphatic rings. The van der Waals surface area contributed by atoms with Gasteiger partial charge < -0.3 is 35.6 Å². The molecular formula is C57H73ClN8O6S. The number of thiazole rings is 1. The standard InChI is InChI=1S/C57H73ClN8O6S/c1-34(37-17-19-38(20-18-37)48-35(2)60-33-73-48)61-51(70)46-26-43(67)31-66(46)52(71)49(55(3,4)5)62-47(68)32-65-41-22-23-42(65)30-64(29-41)25-11-10-12-36-13-15-39(16-14-36)50(69)63-53-56(6,7)54(57(53,8)9)72-44-24-21-40(28-59)45(58)27-44/h13-21,24,27,33-34,41-43,46,49,53-54,67H,10-12,22-23,25-26,29-32H2,1-9H3,(H,61,70)(H,62,68)(H,63,69)/t34-,41?,42?,43+,46-,49+,53-,54-/m0/s1. The normalized spacial score (nSPS) is 24.2. The number of benzene rings is 3. The van der Waals surface area contributed by atoms with Gasteiger partial charge in [-0.2, -0.15) is 5.26 Å². The molecule has 4 amide bonds. The van der Waals surface area contributed by atoms with Gasteiger partial charge in [0, 0.05) is 66.6 Å². The maximum Gasteiger partial charge on any atom is 0.251 e. The zero-order valence-electron chi connectivity index (χ0n) is 43.8. The Balaban J connectivity index is 0.773. The summed E-state index contributed by atoms with van der Waals surface area (Å²) >= 11 is 7.86. The molecule has 1 aliphatic carbocycles. The van der Waals surface area contributed by atoms with Crippen LogP contribution in [0, 0.1) is 34.5 Å². The van der Waals surface area contributed by atoms with E-state index in [0.717, 1.165) is 73.4 Å². The molecule has 0 spiro atoms. The van der Waals surface area contributed by atoms with Crippen LogP contribution in [0.2, 0.25) is 5.02 Å². The fourth-order valence-corrected chi connectivity index (χ4v) is 13.2. The topological polar surface area (TPSA) is 180 Å². The van der Waals surface area contributed by atoms with Crippen LogP contribution in [0.3, 0.4) is 0 Å². The highest BCUT2D eigenvalue weighted by Crippen LogP contribution is 2.55. The van der Waals surface area contributed by atoms with E-state index in [0.29, 0.717) is 21.9 Å². The minimum absolute atomic E-state index is 0.0188. The summed E-state index contributed by atoms with van der Waals surface area (Å²) in [5.74, 6) is -0.433. The first kappa shape index (κ1) is 53.9. The number of fused-ring (bicyclic) bond motifs is 2. The molecule has 4 N–H and O–H groups in total. The highest BCUT2D eigenvalue weighted by atomic mass is 35.5. The van der Waals surface area contributed by atoms with E-state index in [-0.39, 0.29) is 84.2 Å². The Morgan fingerprint density at radius 2 is 1.62 bits per heavy atom. The van der Waals surface area contributed by atoms with Crippen LogP contribution in [0.25, 0.3) is 10.4 Å². The molecule has 16 heteroatoms. The van der Waals surface area contributed by atoms with Crippen LogP contribution in [-0.2, 0) is 20.8 Å². The van der Waals surface area contributed by atoms with E-state index < -0.39 is 23.6 Å². The number of nitriles is 1. The number of carbonyl (C=O) groups is 4. The van der Waals surface area contributed by atoms with Crippen molar-refractivity contribution in [1.29, 1.82) is 5.26 Å². The molecule has 4 aromatic rings. The third-order valence-corrected chi connectivity index (χ3v) is 17.2. The van der Waals surface area contributed by atoms with Crippen molar-refractivity contribution in [3.8, 4) is 22.3 Å². The van der Waals surface area contributed by atoms with Gasteiger partial charge in [-0.25, -0.2) is 4.98 Å². The maximum atomic E-state index is 14.4. The number of piperazine rings is 1. The Morgan fingerprint density at radius 3 is 2.22 bits per heavy atom. The van der Waals surface area contributed by atoms with Gasteiger partial charge in [-0.1, -0.05) is 96.5 Å². The van der Waals surface area contributed by atoms with Crippen LogP contribution in [0.5, 0.6) is 5.75 Å². The van der Waals surface area contributed by atoms with E-state index in [1.165, 1.54) is 10.5 Å². The van der Waals surface area contributed by atoms with Gasteiger partial charge in [0.2, 0.25) is 17.7 Å². The van der Waals surface area contributed by atoms with Gasteiger partial charge >= 0.3 is 0 Å². The molecule has 14 nitrogen and oxygen atoms in total. The van der Waals surface area contributed by atoms with Crippen LogP contribution >= 0.6 is 22.9 Å².